The van der Waals surface area contributed by atoms with E-state index in [-0.39, 0.29) is 18.3 Å². The Balaban J connectivity index is 0.00000256. The lowest BCUT2D eigenvalue weighted by atomic mass is 9.97. The molecule has 0 saturated carbocycles. The maximum atomic E-state index is 11.8. The van der Waals surface area contributed by atoms with E-state index in [4.69, 9.17) is 10.5 Å². The van der Waals surface area contributed by atoms with Crippen molar-refractivity contribution in [3.63, 3.8) is 0 Å². The quantitative estimate of drug-likeness (QED) is 0.739. The molecule has 17 heavy (non-hydrogen) atoms. The van der Waals surface area contributed by atoms with Crippen LogP contribution in [0.3, 0.4) is 0 Å². The van der Waals surface area contributed by atoms with Crippen LogP contribution in [0.4, 0.5) is 0 Å². The second kappa shape index (κ2) is 9.68. The van der Waals surface area contributed by atoms with Crippen LogP contribution in [0.2, 0.25) is 0 Å². The van der Waals surface area contributed by atoms with Gasteiger partial charge in [-0.25, -0.2) is 0 Å². The van der Waals surface area contributed by atoms with Gasteiger partial charge in [-0.1, -0.05) is 0 Å². The SMILES string of the molecule is CCOCCCC(=O)N1CCC(CN)CC1.Cl. The van der Waals surface area contributed by atoms with Crippen molar-refractivity contribution in [2.45, 2.75) is 32.6 Å². The van der Waals surface area contributed by atoms with E-state index >= 15 is 0 Å². The summed E-state index contributed by atoms with van der Waals surface area (Å²) in [6, 6.07) is 0. The molecule has 1 rings (SSSR count). The van der Waals surface area contributed by atoms with Crippen LogP contribution >= 0.6 is 12.4 Å². The molecule has 0 spiro atoms. The molecule has 0 bridgehead atoms. The Kier molecular flexibility index (Phi) is 9.50. The van der Waals surface area contributed by atoms with Gasteiger partial charge in [0.15, 0.2) is 0 Å². The third kappa shape index (κ3) is 6.24. The molecule has 0 atom stereocenters. The molecule has 102 valence electrons. The topological polar surface area (TPSA) is 55.6 Å². The summed E-state index contributed by atoms with van der Waals surface area (Å²) in [5.41, 5.74) is 5.62. The zero-order chi connectivity index (χ0) is 11.8. The fourth-order valence-corrected chi connectivity index (χ4v) is 2.05. The average Bonchev–Trinajstić information content (AvgIpc) is 2.34. The van der Waals surface area contributed by atoms with Crippen LogP contribution in [0.15, 0.2) is 0 Å². The summed E-state index contributed by atoms with van der Waals surface area (Å²) in [4.78, 5) is 13.8. The van der Waals surface area contributed by atoms with Gasteiger partial charge in [0.2, 0.25) is 5.91 Å². The Morgan fingerprint density at radius 1 is 1.41 bits per heavy atom. The number of nitrogens with zero attached hydrogens (tertiary/aromatic N) is 1. The fourth-order valence-electron chi connectivity index (χ4n) is 2.05. The lowest BCUT2D eigenvalue weighted by Crippen LogP contribution is -2.40. The molecule has 1 saturated heterocycles. The summed E-state index contributed by atoms with van der Waals surface area (Å²) in [5, 5.41) is 0. The van der Waals surface area contributed by atoms with Crippen molar-refractivity contribution in [1.29, 1.82) is 0 Å². The number of hydrogen-bond donors (Lipinski definition) is 1. The van der Waals surface area contributed by atoms with E-state index in [0.717, 1.165) is 45.5 Å². The molecule has 0 unspecified atom stereocenters. The third-order valence-corrected chi connectivity index (χ3v) is 3.18. The number of halogens is 1. The molecule has 0 aromatic heterocycles. The minimum atomic E-state index is 0. The molecule has 5 heteroatoms. The van der Waals surface area contributed by atoms with E-state index in [1.807, 2.05) is 11.8 Å². The maximum Gasteiger partial charge on any atom is 0.222 e. The monoisotopic (exact) mass is 264 g/mol. The Morgan fingerprint density at radius 2 is 2.06 bits per heavy atom. The molecular weight excluding hydrogens is 240 g/mol. The van der Waals surface area contributed by atoms with Crippen LogP contribution in [0.5, 0.6) is 0 Å². The van der Waals surface area contributed by atoms with Gasteiger partial charge in [-0.3, -0.25) is 4.79 Å². The predicted molar refractivity (Wildman–Crippen MR) is 71.3 cm³/mol. The average molecular weight is 265 g/mol. The van der Waals surface area contributed by atoms with Crippen molar-refractivity contribution in [1.82, 2.24) is 4.90 Å². The van der Waals surface area contributed by atoms with Crippen LogP contribution in [0.1, 0.15) is 32.6 Å². The van der Waals surface area contributed by atoms with Gasteiger partial charge < -0.3 is 15.4 Å². The van der Waals surface area contributed by atoms with E-state index in [1.165, 1.54) is 0 Å². The van der Waals surface area contributed by atoms with Crippen molar-refractivity contribution < 1.29 is 9.53 Å². The first-order valence-electron chi connectivity index (χ1n) is 6.33. The lowest BCUT2D eigenvalue weighted by Gasteiger charge is -2.31. The molecular formula is C12H25ClN2O2. The van der Waals surface area contributed by atoms with Gasteiger partial charge in [-0.05, 0) is 38.6 Å². The van der Waals surface area contributed by atoms with Crippen LogP contribution in [0, 0.1) is 5.92 Å². The fraction of sp³-hybridized carbons (Fsp3) is 0.917. The second-order valence-electron chi connectivity index (χ2n) is 4.36. The molecule has 1 aliphatic rings. The summed E-state index contributed by atoms with van der Waals surface area (Å²) in [7, 11) is 0. The Morgan fingerprint density at radius 3 is 2.59 bits per heavy atom. The Labute approximate surface area is 110 Å². The number of likely N-dealkylation sites (tertiary alicyclic amines) is 1. The summed E-state index contributed by atoms with van der Waals surface area (Å²) in [6.07, 6.45) is 3.58. The molecule has 4 nitrogen and oxygen atoms in total. The molecule has 0 radical (unpaired) electrons. The van der Waals surface area contributed by atoms with Crippen LogP contribution in [-0.2, 0) is 9.53 Å². The second-order valence-corrected chi connectivity index (χ2v) is 4.36. The number of amides is 1. The first kappa shape index (κ1) is 16.7. The number of rotatable bonds is 6. The van der Waals surface area contributed by atoms with Crippen LogP contribution in [-0.4, -0.2) is 43.7 Å². The molecule has 1 aliphatic heterocycles. The molecule has 1 amide bonds. The third-order valence-electron chi connectivity index (χ3n) is 3.18. The van der Waals surface area contributed by atoms with E-state index < -0.39 is 0 Å². The highest BCUT2D eigenvalue weighted by atomic mass is 35.5. The van der Waals surface area contributed by atoms with Gasteiger partial charge in [0.1, 0.15) is 0 Å². The number of ether oxygens (including phenoxy) is 1. The van der Waals surface area contributed by atoms with E-state index in [0.29, 0.717) is 18.9 Å². The van der Waals surface area contributed by atoms with E-state index in [2.05, 4.69) is 0 Å². The zero-order valence-corrected chi connectivity index (χ0v) is 11.5. The molecule has 1 fully saturated rings. The summed E-state index contributed by atoms with van der Waals surface area (Å²) < 4.78 is 5.22. The zero-order valence-electron chi connectivity index (χ0n) is 10.7. The van der Waals surface area contributed by atoms with Crippen molar-refractivity contribution in [2.75, 3.05) is 32.8 Å². The maximum absolute atomic E-state index is 11.8. The number of hydrogen-bond acceptors (Lipinski definition) is 3. The van der Waals surface area contributed by atoms with Crippen molar-refractivity contribution in [3.05, 3.63) is 0 Å². The smallest absolute Gasteiger partial charge is 0.222 e. The molecule has 2 N–H and O–H groups in total. The Bertz CT molecular complexity index is 207. The van der Waals surface area contributed by atoms with Gasteiger partial charge in [0.05, 0.1) is 0 Å². The minimum Gasteiger partial charge on any atom is -0.382 e. The predicted octanol–water partition coefficient (Wildman–Crippen LogP) is 1.42. The van der Waals surface area contributed by atoms with Crippen LogP contribution in [0.25, 0.3) is 0 Å². The van der Waals surface area contributed by atoms with Gasteiger partial charge in [-0.15, -0.1) is 12.4 Å². The Hall–Kier alpha value is -0.320. The summed E-state index contributed by atoms with van der Waals surface area (Å²) in [6.45, 7) is 5.92. The standard InChI is InChI=1S/C12H24N2O2.ClH/c1-2-16-9-3-4-12(15)14-7-5-11(10-13)6-8-14;/h11H,2-10,13H2,1H3;1H. The minimum absolute atomic E-state index is 0. The largest absolute Gasteiger partial charge is 0.382 e. The summed E-state index contributed by atoms with van der Waals surface area (Å²) in [5.74, 6) is 0.891. The van der Waals surface area contributed by atoms with E-state index in [1.54, 1.807) is 0 Å². The highest BCUT2D eigenvalue weighted by molar-refractivity contribution is 5.85. The van der Waals surface area contributed by atoms with E-state index in [9.17, 15) is 4.79 Å². The highest BCUT2D eigenvalue weighted by Crippen LogP contribution is 2.16. The molecule has 0 aromatic carbocycles. The number of carbonyl (C=O) groups excluding carboxylic acids is 1. The normalized spacial score (nSPS) is 16.7. The summed E-state index contributed by atoms with van der Waals surface area (Å²) >= 11 is 0. The first-order chi connectivity index (χ1) is 7.77. The molecule has 1 heterocycles. The van der Waals surface area contributed by atoms with Gasteiger partial charge in [0.25, 0.3) is 0 Å². The number of piperidine rings is 1. The van der Waals surface area contributed by atoms with Crippen molar-refractivity contribution in [3.8, 4) is 0 Å². The number of carbonyl (C=O) groups is 1. The van der Waals surface area contributed by atoms with Crippen molar-refractivity contribution >= 4 is 18.3 Å². The van der Waals surface area contributed by atoms with Gasteiger partial charge >= 0.3 is 0 Å². The van der Waals surface area contributed by atoms with Gasteiger partial charge in [-0.2, -0.15) is 0 Å². The van der Waals surface area contributed by atoms with Gasteiger partial charge in [0, 0.05) is 32.7 Å². The molecule has 0 aromatic rings. The molecule has 0 aliphatic carbocycles. The lowest BCUT2D eigenvalue weighted by molar-refractivity contribution is -0.132. The first-order valence-corrected chi connectivity index (χ1v) is 6.33. The van der Waals surface area contributed by atoms with Crippen LogP contribution < -0.4 is 5.73 Å². The number of nitrogens with two attached hydrogens (primary N) is 1. The highest BCUT2D eigenvalue weighted by Gasteiger charge is 2.21. The van der Waals surface area contributed by atoms with Crippen molar-refractivity contribution in [2.24, 2.45) is 11.7 Å².